The van der Waals surface area contributed by atoms with Gasteiger partial charge in [-0.05, 0) is 54.1 Å². The summed E-state index contributed by atoms with van der Waals surface area (Å²) in [4.78, 5) is 3.24. The zero-order chi connectivity index (χ0) is 19.4. The zero-order valence-corrected chi connectivity index (χ0v) is 17.0. The van der Waals surface area contributed by atoms with E-state index in [1.54, 1.807) is 18.2 Å². The number of benzene rings is 1. The van der Waals surface area contributed by atoms with Crippen molar-refractivity contribution in [2.45, 2.75) is 4.21 Å². The van der Waals surface area contributed by atoms with Crippen LogP contribution in [0.2, 0.25) is 0 Å². The first-order chi connectivity index (χ1) is 13.6. The number of thiophene rings is 1. The second-order valence-corrected chi connectivity index (χ2v) is 9.62. The third-order valence-corrected chi connectivity index (χ3v) is 7.86. The quantitative estimate of drug-likeness (QED) is 0.590. The maximum absolute atomic E-state index is 12.6. The lowest BCUT2D eigenvalue weighted by molar-refractivity contribution is 0.0322. The molecule has 0 N–H and O–H groups in total. The Balaban J connectivity index is 1.38. The zero-order valence-electron chi connectivity index (χ0n) is 15.4. The molecule has 148 valence electrons. The van der Waals surface area contributed by atoms with Gasteiger partial charge in [-0.15, -0.1) is 11.3 Å². The van der Waals surface area contributed by atoms with Crippen molar-refractivity contribution in [3.8, 4) is 16.2 Å². The smallest absolute Gasteiger partial charge is 0.277 e. The summed E-state index contributed by atoms with van der Waals surface area (Å²) >= 11 is 1.27. The lowest BCUT2D eigenvalue weighted by Gasteiger charge is -2.26. The van der Waals surface area contributed by atoms with E-state index in [9.17, 15) is 8.42 Å². The van der Waals surface area contributed by atoms with Gasteiger partial charge in [0, 0.05) is 36.9 Å². The molecule has 1 saturated heterocycles. The molecule has 1 aliphatic heterocycles. The van der Waals surface area contributed by atoms with Crippen LogP contribution in [0.3, 0.4) is 0 Å². The molecular weight excluding hydrogens is 396 g/mol. The van der Waals surface area contributed by atoms with Crippen molar-refractivity contribution in [1.29, 1.82) is 0 Å². The molecule has 6 nitrogen and oxygen atoms in total. The number of ether oxygens (including phenoxy) is 2. The molecule has 4 rings (SSSR count). The summed E-state index contributed by atoms with van der Waals surface area (Å²) in [5.74, 6) is 0.814. The molecule has 0 spiro atoms. The SMILES string of the molecule is O=S(=O)(c1ccc(-c2ccc(OCCN3CCOCC3)cc2)s1)n1cccc1. The van der Waals surface area contributed by atoms with E-state index in [0.717, 1.165) is 49.0 Å². The molecule has 8 heteroatoms. The molecule has 2 aromatic heterocycles. The highest BCUT2D eigenvalue weighted by Gasteiger charge is 2.18. The molecule has 0 radical (unpaired) electrons. The molecule has 0 aliphatic carbocycles. The van der Waals surface area contributed by atoms with Gasteiger partial charge in [-0.25, -0.2) is 3.97 Å². The van der Waals surface area contributed by atoms with Crippen molar-refractivity contribution in [3.05, 3.63) is 60.9 Å². The Morgan fingerprint density at radius 2 is 1.71 bits per heavy atom. The standard InChI is InChI=1S/C20H22N2O4S2/c23-28(24,22-9-1-2-10-22)20-8-7-19(27-20)17-3-5-18(6-4-17)26-16-13-21-11-14-25-15-12-21/h1-10H,11-16H2. The highest BCUT2D eigenvalue weighted by atomic mass is 32.2. The summed E-state index contributed by atoms with van der Waals surface area (Å²) in [6, 6.07) is 14.7. The lowest BCUT2D eigenvalue weighted by atomic mass is 10.2. The molecule has 1 aromatic carbocycles. The van der Waals surface area contributed by atoms with Crippen LogP contribution in [0.15, 0.2) is 65.1 Å². The van der Waals surface area contributed by atoms with Crippen LogP contribution >= 0.6 is 11.3 Å². The van der Waals surface area contributed by atoms with Crippen molar-refractivity contribution < 1.29 is 17.9 Å². The number of rotatable bonds is 7. The van der Waals surface area contributed by atoms with E-state index in [0.29, 0.717) is 10.8 Å². The van der Waals surface area contributed by atoms with Crippen molar-refractivity contribution >= 4 is 21.4 Å². The van der Waals surface area contributed by atoms with E-state index in [-0.39, 0.29) is 0 Å². The van der Waals surface area contributed by atoms with Gasteiger partial charge in [0.25, 0.3) is 10.0 Å². The Hall–Kier alpha value is -2.13. The van der Waals surface area contributed by atoms with Gasteiger partial charge in [0.2, 0.25) is 0 Å². The predicted octanol–water partition coefficient (Wildman–Crippen LogP) is 3.16. The van der Waals surface area contributed by atoms with Gasteiger partial charge in [-0.3, -0.25) is 4.90 Å². The van der Waals surface area contributed by atoms with Gasteiger partial charge in [-0.2, -0.15) is 8.42 Å². The van der Waals surface area contributed by atoms with E-state index in [1.807, 2.05) is 30.3 Å². The van der Waals surface area contributed by atoms with E-state index < -0.39 is 10.0 Å². The summed E-state index contributed by atoms with van der Waals surface area (Å²) in [6.45, 7) is 5.01. The number of hydrogen-bond acceptors (Lipinski definition) is 6. The molecule has 1 fully saturated rings. The predicted molar refractivity (Wildman–Crippen MR) is 110 cm³/mol. The van der Waals surface area contributed by atoms with Gasteiger partial charge in [0.05, 0.1) is 13.2 Å². The Bertz CT molecular complexity index is 989. The van der Waals surface area contributed by atoms with E-state index >= 15 is 0 Å². The third-order valence-electron chi connectivity index (χ3n) is 4.61. The van der Waals surface area contributed by atoms with E-state index in [4.69, 9.17) is 9.47 Å². The summed E-state index contributed by atoms with van der Waals surface area (Å²) in [5.41, 5.74) is 0.972. The van der Waals surface area contributed by atoms with E-state index in [2.05, 4.69) is 4.90 Å². The third kappa shape index (κ3) is 4.30. The van der Waals surface area contributed by atoms with Gasteiger partial charge in [0.15, 0.2) is 0 Å². The van der Waals surface area contributed by atoms with Gasteiger partial charge >= 0.3 is 0 Å². The fraction of sp³-hybridized carbons (Fsp3) is 0.300. The molecule has 3 heterocycles. The van der Waals surface area contributed by atoms with Crippen LogP contribution in [0.1, 0.15) is 0 Å². The molecular formula is C20H22N2O4S2. The van der Waals surface area contributed by atoms with Crippen molar-refractivity contribution in [2.24, 2.45) is 0 Å². The average molecular weight is 419 g/mol. The minimum Gasteiger partial charge on any atom is -0.492 e. The van der Waals surface area contributed by atoms with Crippen molar-refractivity contribution in [1.82, 2.24) is 8.87 Å². The van der Waals surface area contributed by atoms with Crippen molar-refractivity contribution in [2.75, 3.05) is 39.5 Å². The minimum atomic E-state index is -3.52. The van der Waals surface area contributed by atoms with Gasteiger partial charge < -0.3 is 9.47 Å². The fourth-order valence-corrected chi connectivity index (χ4v) is 5.63. The van der Waals surface area contributed by atoms with E-state index in [1.165, 1.54) is 27.7 Å². The number of hydrogen-bond donors (Lipinski definition) is 0. The number of morpholine rings is 1. The summed E-state index contributed by atoms with van der Waals surface area (Å²) in [7, 11) is -3.52. The average Bonchev–Trinajstić information content (AvgIpc) is 3.42. The highest BCUT2D eigenvalue weighted by Crippen LogP contribution is 2.32. The Labute approximate surface area is 169 Å². The maximum atomic E-state index is 12.6. The second kappa shape index (κ2) is 8.48. The van der Waals surface area contributed by atoms with Crippen LogP contribution in [-0.4, -0.2) is 56.7 Å². The minimum absolute atomic E-state index is 0.324. The second-order valence-electron chi connectivity index (χ2n) is 6.46. The highest BCUT2D eigenvalue weighted by molar-refractivity contribution is 7.92. The summed E-state index contributed by atoms with van der Waals surface area (Å²) < 4.78 is 37.9. The Kier molecular flexibility index (Phi) is 5.82. The first-order valence-electron chi connectivity index (χ1n) is 9.15. The molecule has 0 amide bonds. The molecule has 0 bridgehead atoms. The van der Waals surface area contributed by atoms with Crippen LogP contribution in [0.25, 0.3) is 10.4 Å². The Morgan fingerprint density at radius 1 is 1.00 bits per heavy atom. The van der Waals surface area contributed by atoms with Crippen LogP contribution < -0.4 is 4.74 Å². The Morgan fingerprint density at radius 3 is 2.43 bits per heavy atom. The van der Waals surface area contributed by atoms with Crippen LogP contribution in [0, 0.1) is 0 Å². The summed E-state index contributed by atoms with van der Waals surface area (Å²) in [6.07, 6.45) is 3.08. The molecule has 1 aliphatic rings. The maximum Gasteiger partial charge on any atom is 0.277 e. The normalized spacial score (nSPS) is 15.6. The molecule has 0 unspecified atom stereocenters. The monoisotopic (exact) mass is 418 g/mol. The molecule has 28 heavy (non-hydrogen) atoms. The lowest BCUT2D eigenvalue weighted by Crippen LogP contribution is -2.38. The largest absolute Gasteiger partial charge is 0.492 e. The fourth-order valence-electron chi connectivity index (χ4n) is 3.03. The van der Waals surface area contributed by atoms with Crippen LogP contribution in [-0.2, 0) is 14.8 Å². The number of aromatic nitrogens is 1. The first-order valence-corrected chi connectivity index (χ1v) is 11.4. The number of nitrogens with zero attached hydrogens (tertiary/aromatic N) is 2. The molecule has 0 saturated carbocycles. The van der Waals surface area contributed by atoms with Crippen LogP contribution in [0.5, 0.6) is 5.75 Å². The van der Waals surface area contributed by atoms with Crippen molar-refractivity contribution in [3.63, 3.8) is 0 Å². The first kappa shape index (κ1) is 19.2. The molecule has 3 aromatic rings. The van der Waals surface area contributed by atoms with Gasteiger partial charge in [-0.1, -0.05) is 0 Å². The molecule has 0 atom stereocenters. The van der Waals surface area contributed by atoms with Gasteiger partial charge in [0.1, 0.15) is 16.6 Å². The van der Waals surface area contributed by atoms with Crippen LogP contribution in [0.4, 0.5) is 0 Å². The topological polar surface area (TPSA) is 60.8 Å². The summed E-state index contributed by atoms with van der Waals surface area (Å²) in [5, 5.41) is 0.